The first-order valence-electron chi connectivity index (χ1n) is 3.88. The molecule has 14 heavy (non-hydrogen) atoms. The molecule has 0 amide bonds. The third-order valence-corrected chi connectivity index (χ3v) is 1.78. The molecule has 0 aliphatic carbocycles. The zero-order valence-electron chi connectivity index (χ0n) is 7.01. The van der Waals surface area contributed by atoms with Crippen LogP contribution >= 0.6 is 0 Å². The fraction of sp³-hybridized carbons (Fsp3) is 0. The van der Waals surface area contributed by atoms with E-state index in [1.54, 1.807) is 24.3 Å². The molecular weight excluding hydrogens is 184 g/mol. The van der Waals surface area contributed by atoms with Crippen LogP contribution in [0.2, 0.25) is 0 Å². The maximum Gasteiger partial charge on any atom is 0.158 e. The molecule has 70 valence electrons. The Morgan fingerprint density at radius 3 is 2.64 bits per heavy atom. The summed E-state index contributed by atoms with van der Waals surface area (Å²) < 4.78 is 4.34. The van der Waals surface area contributed by atoms with E-state index in [9.17, 15) is 10.0 Å². The van der Waals surface area contributed by atoms with Gasteiger partial charge >= 0.3 is 0 Å². The van der Waals surface area contributed by atoms with Gasteiger partial charge in [0.2, 0.25) is 0 Å². The van der Waals surface area contributed by atoms with E-state index in [-0.39, 0.29) is 11.4 Å². The number of aromatic nitrogens is 1. The average Bonchev–Trinajstić information content (AvgIpc) is 2.61. The monoisotopic (exact) mass is 189 g/mol. The van der Waals surface area contributed by atoms with Crippen LogP contribution in [-0.4, -0.2) is 5.16 Å². The third-order valence-electron chi connectivity index (χ3n) is 1.78. The summed E-state index contributed by atoms with van der Waals surface area (Å²) in [4.78, 5) is 10.3. The SMILES string of the molecule is O=Nc1c(-c2ccccc2)noc1[O-]. The van der Waals surface area contributed by atoms with E-state index < -0.39 is 5.95 Å². The minimum absolute atomic E-state index is 0.186. The standard InChI is InChI=1S/C9H6N2O3/c12-9-8(10-13)7(11-14-9)6-4-2-1-3-5-6/h1-5,12H/p-1. The fourth-order valence-electron chi connectivity index (χ4n) is 1.14. The van der Waals surface area contributed by atoms with E-state index in [1.165, 1.54) is 0 Å². The summed E-state index contributed by atoms with van der Waals surface area (Å²) in [6.07, 6.45) is 0. The van der Waals surface area contributed by atoms with Crippen LogP contribution in [0, 0.1) is 4.91 Å². The first kappa shape index (κ1) is 8.43. The number of rotatable bonds is 2. The van der Waals surface area contributed by atoms with Crippen molar-refractivity contribution in [3.63, 3.8) is 0 Å². The highest BCUT2D eigenvalue weighted by Crippen LogP contribution is 2.34. The maximum atomic E-state index is 10.9. The Labute approximate surface area is 78.9 Å². The van der Waals surface area contributed by atoms with Crippen molar-refractivity contribution in [2.75, 3.05) is 0 Å². The molecule has 2 aromatic rings. The molecule has 0 saturated carbocycles. The van der Waals surface area contributed by atoms with Crippen molar-refractivity contribution in [1.82, 2.24) is 5.16 Å². The van der Waals surface area contributed by atoms with Gasteiger partial charge in [-0.25, -0.2) is 0 Å². The van der Waals surface area contributed by atoms with E-state index in [0.717, 1.165) is 0 Å². The summed E-state index contributed by atoms with van der Waals surface area (Å²) >= 11 is 0. The third kappa shape index (κ3) is 1.24. The number of benzene rings is 1. The summed E-state index contributed by atoms with van der Waals surface area (Å²) in [5.74, 6) is -0.807. The number of hydrogen-bond acceptors (Lipinski definition) is 5. The van der Waals surface area contributed by atoms with Crippen molar-refractivity contribution in [2.24, 2.45) is 5.18 Å². The molecule has 1 heterocycles. The van der Waals surface area contributed by atoms with Gasteiger partial charge in [-0.15, -0.1) is 4.91 Å². The molecule has 0 bridgehead atoms. The van der Waals surface area contributed by atoms with Crippen LogP contribution < -0.4 is 5.11 Å². The lowest BCUT2D eigenvalue weighted by atomic mass is 10.1. The lowest BCUT2D eigenvalue weighted by molar-refractivity contribution is -0.295. The summed E-state index contributed by atoms with van der Waals surface area (Å²) in [6, 6.07) is 8.78. The highest BCUT2D eigenvalue weighted by atomic mass is 16.6. The Bertz CT molecular complexity index is 450. The van der Waals surface area contributed by atoms with E-state index in [0.29, 0.717) is 5.56 Å². The lowest BCUT2D eigenvalue weighted by Gasteiger charge is -1.95. The van der Waals surface area contributed by atoms with Gasteiger partial charge in [0, 0.05) is 5.56 Å². The first-order chi connectivity index (χ1) is 6.83. The topological polar surface area (TPSA) is 78.5 Å². The summed E-state index contributed by atoms with van der Waals surface area (Å²) in [7, 11) is 0. The molecule has 0 spiro atoms. The molecule has 2 rings (SSSR count). The van der Waals surface area contributed by atoms with E-state index in [2.05, 4.69) is 14.9 Å². The van der Waals surface area contributed by atoms with Crippen LogP contribution in [0.1, 0.15) is 0 Å². The van der Waals surface area contributed by atoms with Crippen molar-refractivity contribution in [3.8, 4) is 17.2 Å². The number of nitroso groups, excluding NO2 is 1. The second-order valence-corrected chi connectivity index (χ2v) is 2.62. The molecule has 0 aliphatic heterocycles. The Kier molecular flexibility index (Phi) is 1.98. The average molecular weight is 189 g/mol. The molecule has 0 unspecified atom stereocenters. The molecular formula is C9H5N2O3-. The largest absolute Gasteiger partial charge is 0.542 e. The molecule has 0 fully saturated rings. The smallest absolute Gasteiger partial charge is 0.158 e. The van der Waals surface area contributed by atoms with Crippen LogP contribution in [0.4, 0.5) is 5.69 Å². The van der Waals surface area contributed by atoms with Crippen molar-refractivity contribution in [3.05, 3.63) is 35.2 Å². The van der Waals surface area contributed by atoms with Crippen LogP contribution in [0.25, 0.3) is 11.3 Å². The molecule has 0 aliphatic rings. The van der Waals surface area contributed by atoms with Crippen LogP contribution in [0.15, 0.2) is 40.0 Å². The molecule has 0 N–H and O–H groups in total. The van der Waals surface area contributed by atoms with Gasteiger partial charge in [0.15, 0.2) is 5.69 Å². The molecule has 0 saturated heterocycles. The van der Waals surface area contributed by atoms with E-state index in [4.69, 9.17) is 0 Å². The van der Waals surface area contributed by atoms with Crippen molar-refractivity contribution in [2.45, 2.75) is 0 Å². The Morgan fingerprint density at radius 2 is 2.00 bits per heavy atom. The number of hydrogen-bond donors (Lipinski definition) is 0. The summed E-state index contributed by atoms with van der Waals surface area (Å²) in [6.45, 7) is 0. The van der Waals surface area contributed by atoms with Crippen LogP contribution in [0.3, 0.4) is 0 Å². The van der Waals surface area contributed by atoms with Crippen molar-refractivity contribution >= 4 is 5.69 Å². The minimum Gasteiger partial charge on any atom is -0.542 e. The molecule has 1 aromatic carbocycles. The molecule has 0 atom stereocenters. The molecule has 0 radical (unpaired) electrons. The quantitative estimate of drug-likeness (QED) is 0.675. The van der Waals surface area contributed by atoms with Gasteiger partial charge in [0.25, 0.3) is 0 Å². The Morgan fingerprint density at radius 1 is 1.29 bits per heavy atom. The normalized spacial score (nSPS) is 10.0. The zero-order chi connectivity index (χ0) is 9.97. The lowest BCUT2D eigenvalue weighted by Crippen LogP contribution is -1.85. The Balaban J connectivity index is 2.57. The van der Waals surface area contributed by atoms with Gasteiger partial charge in [0.1, 0.15) is 11.6 Å². The van der Waals surface area contributed by atoms with E-state index >= 15 is 0 Å². The van der Waals surface area contributed by atoms with Gasteiger partial charge in [-0.3, -0.25) is 0 Å². The molecule has 1 aromatic heterocycles. The highest BCUT2D eigenvalue weighted by molar-refractivity contribution is 5.73. The van der Waals surface area contributed by atoms with Gasteiger partial charge in [-0.2, -0.15) is 5.16 Å². The highest BCUT2D eigenvalue weighted by Gasteiger charge is 2.10. The molecule has 5 heteroatoms. The second kappa shape index (κ2) is 3.29. The van der Waals surface area contributed by atoms with Gasteiger partial charge in [0.05, 0.1) is 0 Å². The maximum absolute atomic E-state index is 10.9. The van der Waals surface area contributed by atoms with Crippen LogP contribution in [0.5, 0.6) is 5.95 Å². The molecule has 5 nitrogen and oxygen atoms in total. The predicted molar refractivity (Wildman–Crippen MR) is 46.8 cm³/mol. The predicted octanol–water partition coefficient (Wildman–Crippen LogP) is 1.81. The first-order valence-corrected chi connectivity index (χ1v) is 3.88. The Hall–Kier alpha value is -2.17. The van der Waals surface area contributed by atoms with Crippen LogP contribution in [-0.2, 0) is 0 Å². The van der Waals surface area contributed by atoms with Crippen molar-refractivity contribution < 1.29 is 9.63 Å². The fourth-order valence-corrected chi connectivity index (χ4v) is 1.14. The van der Waals surface area contributed by atoms with Gasteiger partial charge in [-0.1, -0.05) is 30.3 Å². The van der Waals surface area contributed by atoms with Gasteiger partial charge in [-0.05, 0) is 5.18 Å². The van der Waals surface area contributed by atoms with E-state index in [1.807, 2.05) is 6.07 Å². The summed E-state index contributed by atoms with van der Waals surface area (Å²) in [5.41, 5.74) is 0.537. The second-order valence-electron chi connectivity index (χ2n) is 2.62. The summed E-state index contributed by atoms with van der Waals surface area (Å²) in [5, 5.41) is 17.0. The minimum atomic E-state index is -0.807. The van der Waals surface area contributed by atoms with Gasteiger partial charge < -0.3 is 9.63 Å². The number of nitrogens with zero attached hydrogens (tertiary/aromatic N) is 2. The van der Waals surface area contributed by atoms with Crippen molar-refractivity contribution in [1.29, 1.82) is 0 Å². The zero-order valence-corrected chi connectivity index (χ0v) is 7.01.